The van der Waals surface area contributed by atoms with E-state index in [4.69, 9.17) is 0 Å². The van der Waals surface area contributed by atoms with Crippen LogP contribution in [0.25, 0.3) is 0 Å². The first-order valence-electron chi connectivity index (χ1n) is 7.12. The van der Waals surface area contributed by atoms with Crippen molar-refractivity contribution in [1.29, 1.82) is 0 Å². The molecule has 1 fully saturated rings. The van der Waals surface area contributed by atoms with Gasteiger partial charge >= 0.3 is 0 Å². The van der Waals surface area contributed by atoms with Crippen LogP contribution in [-0.2, 0) is 6.42 Å². The molecule has 0 amide bonds. The zero-order valence-electron chi connectivity index (χ0n) is 11.1. The number of aliphatic hydroxyl groups is 1. The Kier molecular flexibility index (Phi) is 3.65. The highest BCUT2D eigenvalue weighted by Crippen LogP contribution is 2.37. The average Bonchev–Trinajstić information content (AvgIpc) is 3.25. The summed E-state index contributed by atoms with van der Waals surface area (Å²) in [6.07, 6.45) is 4.20. The molecule has 1 N–H and O–H groups in total. The van der Waals surface area contributed by atoms with E-state index in [1.165, 1.54) is 24.0 Å². The van der Waals surface area contributed by atoms with Crippen LogP contribution in [0.4, 0.5) is 0 Å². The first-order valence-corrected chi connectivity index (χ1v) is 7.12. The molecule has 19 heavy (non-hydrogen) atoms. The summed E-state index contributed by atoms with van der Waals surface area (Å²) in [6, 6.07) is 18.9. The minimum absolute atomic E-state index is 0.279. The molecule has 1 aliphatic carbocycles. The van der Waals surface area contributed by atoms with Crippen molar-refractivity contribution in [2.75, 3.05) is 0 Å². The van der Waals surface area contributed by atoms with E-state index in [0.29, 0.717) is 0 Å². The zero-order valence-corrected chi connectivity index (χ0v) is 11.1. The fourth-order valence-corrected chi connectivity index (χ4v) is 2.49. The van der Waals surface area contributed by atoms with Gasteiger partial charge in [-0.05, 0) is 35.4 Å². The maximum atomic E-state index is 10.1. The van der Waals surface area contributed by atoms with Crippen molar-refractivity contribution in [3.63, 3.8) is 0 Å². The van der Waals surface area contributed by atoms with Crippen molar-refractivity contribution < 1.29 is 5.11 Å². The van der Waals surface area contributed by atoms with Gasteiger partial charge in [0.1, 0.15) is 0 Å². The van der Waals surface area contributed by atoms with Crippen LogP contribution in [0.5, 0.6) is 0 Å². The molecule has 1 unspecified atom stereocenters. The summed E-state index contributed by atoms with van der Waals surface area (Å²) in [6.45, 7) is 0. The van der Waals surface area contributed by atoms with E-state index in [1.54, 1.807) is 0 Å². The van der Waals surface area contributed by atoms with E-state index in [9.17, 15) is 5.11 Å². The monoisotopic (exact) mass is 252 g/mol. The van der Waals surface area contributed by atoms with Gasteiger partial charge in [0.25, 0.3) is 0 Å². The molecule has 1 aliphatic rings. The predicted octanol–water partition coefficient (Wildman–Crippen LogP) is 4.11. The number of benzene rings is 2. The van der Waals surface area contributed by atoms with Gasteiger partial charge in [-0.25, -0.2) is 0 Å². The second kappa shape index (κ2) is 5.58. The predicted molar refractivity (Wildman–Crippen MR) is 78.0 cm³/mol. The van der Waals surface area contributed by atoms with Crippen molar-refractivity contribution in [2.45, 2.75) is 31.8 Å². The summed E-state index contributed by atoms with van der Waals surface area (Å²) in [7, 11) is 0. The molecule has 0 bridgehead atoms. The van der Waals surface area contributed by atoms with Gasteiger partial charge in [-0.15, -0.1) is 0 Å². The Bertz CT molecular complexity index is 511. The largest absolute Gasteiger partial charge is 0.388 e. The SMILES string of the molecule is OC(CC1CC1)c1ccc(Cc2ccccc2)cc1. The molecular weight excluding hydrogens is 232 g/mol. The quantitative estimate of drug-likeness (QED) is 0.849. The molecular formula is C18H20O. The van der Waals surface area contributed by atoms with Gasteiger partial charge < -0.3 is 5.11 Å². The van der Waals surface area contributed by atoms with Crippen LogP contribution >= 0.6 is 0 Å². The summed E-state index contributed by atoms with van der Waals surface area (Å²) >= 11 is 0. The third-order valence-electron chi connectivity index (χ3n) is 3.87. The smallest absolute Gasteiger partial charge is 0.0792 e. The highest BCUT2D eigenvalue weighted by atomic mass is 16.3. The molecule has 1 nitrogen and oxygen atoms in total. The molecule has 1 heteroatoms. The van der Waals surface area contributed by atoms with Crippen LogP contribution in [0.2, 0.25) is 0 Å². The number of hydrogen-bond acceptors (Lipinski definition) is 1. The molecule has 0 heterocycles. The zero-order chi connectivity index (χ0) is 13.1. The summed E-state index contributed by atoms with van der Waals surface area (Å²) in [5, 5.41) is 10.1. The third kappa shape index (κ3) is 3.45. The van der Waals surface area contributed by atoms with Gasteiger partial charge in [0.05, 0.1) is 6.10 Å². The van der Waals surface area contributed by atoms with E-state index in [-0.39, 0.29) is 6.10 Å². The van der Waals surface area contributed by atoms with Gasteiger partial charge in [-0.3, -0.25) is 0 Å². The van der Waals surface area contributed by atoms with E-state index in [1.807, 2.05) is 6.07 Å². The molecule has 2 aromatic carbocycles. The first-order chi connectivity index (χ1) is 9.31. The molecule has 0 spiro atoms. The van der Waals surface area contributed by atoms with E-state index < -0.39 is 0 Å². The van der Waals surface area contributed by atoms with Crippen LogP contribution in [0, 0.1) is 5.92 Å². The molecule has 1 saturated carbocycles. The Hall–Kier alpha value is -1.60. The van der Waals surface area contributed by atoms with Gasteiger partial charge in [0.2, 0.25) is 0 Å². The molecule has 3 rings (SSSR count). The fourth-order valence-electron chi connectivity index (χ4n) is 2.49. The summed E-state index contributed by atoms with van der Waals surface area (Å²) in [5.41, 5.74) is 3.69. The van der Waals surface area contributed by atoms with Crippen LogP contribution < -0.4 is 0 Å². The van der Waals surface area contributed by atoms with Crippen molar-refractivity contribution in [3.8, 4) is 0 Å². The molecule has 0 aromatic heterocycles. The standard InChI is InChI=1S/C18H20O/c19-18(13-16-6-7-16)17-10-8-15(9-11-17)12-14-4-2-1-3-5-14/h1-5,8-11,16,18-19H,6-7,12-13H2. The Morgan fingerprint density at radius 2 is 1.53 bits per heavy atom. The van der Waals surface area contributed by atoms with Gasteiger partial charge in [0.15, 0.2) is 0 Å². The summed E-state index contributed by atoms with van der Waals surface area (Å²) in [4.78, 5) is 0. The van der Waals surface area contributed by atoms with Crippen molar-refractivity contribution in [3.05, 3.63) is 71.3 Å². The van der Waals surface area contributed by atoms with Gasteiger partial charge in [0, 0.05) is 0 Å². The topological polar surface area (TPSA) is 20.2 Å². The van der Waals surface area contributed by atoms with Crippen LogP contribution in [-0.4, -0.2) is 5.11 Å². The summed E-state index contributed by atoms with van der Waals surface area (Å²) in [5.74, 6) is 0.763. The van der Waals surface area contributed by atoms with E-state index in [2.05, 4.69) is 48.5 Å². The number of hydrogen-bond donors (Lipinski definition) is 1. The minimum Gasteiger partial charge on any atom is -0.388 e. The molecule has 1 atom stereocenters. The summed E-state index contributed by atoms with van der Waals surface area (Å²) < 4.78 is 0. The average molecular weight is 252 g/mol. The lowest BCUT2D eigenvalue weighted by Gasteiger charge is -2.11. The number of rotatable bonds is 5. The van der Waals surface area contributed by atoms with E-state index >= 15 is 0 Å². The van der Waals surface area contributed by atoms with Crippen molar-refractivity contribution >= 4 is 0 Å². The Labute approximate surface area is 114 Å². The highest BCUT2D eigenvalue weighted by Gasteiger charge is 2.24. The first kappa shape index (κ1) is 12.4. The van der Waals surface area contributed by atoms with Gasteiger partial charge in [-0.2, -0.15) is 0 Å². The Balaban J connectivity index is 1.64. The Morgan fingerprint density at radius 3 is 2.16 bits per heavy atom. The molecule has 2 aromatic rings. The normalized spacial score (nSPS) is 16.3. The molecule has 0 aliphatic heterocycles. The van der Waals surface area contributed by atoms with Crippen LogP contribution in [0.3, 0.4) is 0 Å². The Morgan fingerprint density at radius 1 is 0.895 bits per heavy atom. The van der Waals surface area contributed by atoms with Crippen LogP contribution in [0.1, 0.15) is 42.1 Å². The molecule has 0 radical (unpaired) electrons. The van der Waals surface area contributed by atoms with Crippen molar-refractivity contribution in [1.82, 2.24) is 0 Å². The van der Waals surface area contributed by atoms with Crippen LogP contribution in [0.15, 0.2) is 54.6 Å². The molecule has 98 valence electrons. The second-order valence-corrected chi connectivity index (χ2v) is 5.60. The third-order valence-corrected chi connectivity index (χ3v) is 3.87. The maximum absolute atomic E-state index is 10.1. The van der Waals surface area contributed by atoms with E-state index in [0.717, 1.165) is 24.3 Å². The minimum atomic E-state index is -0.279. The molecule has 0 saturated heterocycles. The lowest BCUT2D eigenvalue weighted by molar-refractivity contribution is 0.160. The van der Waals surface area contributed by atoms with Crippen molar-refractivity contribution in [2.24, 2.45) is 5.92 Å². The number of aliphatic hydroxyl groups excluding tert-OH is 1. The maximum Gasteiger partial charge on any atom is 0.0792 e. The lowest BCUT2D eigenvalue weighted by Crippen LogP contribution is -1.98. The fraction of sp³-hybridized carbons (Fsp3) is 0.333. The second-order valence-electron chi connectivity index (χ2n) is 5.60. The lowest BCUT2D eigenvalue weighted by atomic mass is 10.00. The highest BCUT2D eigenvalue weighted by molar-refractivity contribution is 5.29. The van der Waals surface area contributed by atoms with Gasteiger partial charge in [-0.1, -0.05) is 67.4 Å².